The minimum absolute atomic E-state index is 0.0460. The van der Waals surface area contributed by atoms with E-state index in [1.54, 1.807) is 0 Å². The molecule has 0 saturated carbocycles. The summed E-state index contributed by atoms with van der Waals surface area (Å²) in [5.41, 5.74) is 5.40. The van der Waals surface area contributed by atoms with E-state index in [1.165, 1.54) is 26.0 Å². The fraction of sp³-hybridized carbons (Fsp3) is 0.364. The number of carbonyl (C=O) groups excluding carboxylic acids is 1. The van der Waals surface area contributed by atoms with Crippen LogP contribution in [0, 0.1) is 5.82 Å². The average Bonchev–Trinajstić information content (AvgIpc) is 2.21. The van der Waals surface area contributed by atoms with Crippen molar-refractivity contribution in [3.05, 3.63) is 24.0 Å². The van der Waals surface area contributed by atoms with Crippen molar-refractivity contribution >= 4 is 27.1 Å². The first-order valence-electron chi connectivity index (χ1n) is 5.12. The van der Waals surface area contributed by atoms with E-state index in [0.29, 0.717) is 0 Å². The predicted octanol–water partition coefficient (Wildman–Crippen LogP) is 1.17. The van der Waals surface area contributed by atoms with Gasteiger partial charge in [-0.3, -0.25) is 4.79 Å². The van der Waals surface area contributed by atoms with Crippen LogP contribution in [0.1, 0.15) is 13.8 Å². The van der Waals surface area contributed by atoms with Crippen LogP contribution < -0.4 is 11.1 Å². The van der Waals surface area contributed by atoms with E-state index < -0.39 is 26.3 Å². The van der Waals surface area contributed by atoms with E-state index in [-0.39, 0.29) is 11.4 Å². The lowest BCUT2D eigenvalue weighted by atomic mass is 10.2. The van der Waals surface area contributed by atoms with Crippen LogP contribution in [-0.4, -0.2) is 25.3 Å². The molecule has 0 aliphatic carbocycles. The fourth-order valence-electron chi connectivity index (χ4n) is 1.05. The highest BCUT2D eigenvalue weighted by molar-refractivity contribution is 7.92. The zero-order valence-electron chi connectivity index (χ0n) is 10.3. The summed E-state index contributed by atoms with van der Waals surface area (Å²) in [6, 6.07) is 3.72. The van der Waals surface area contributed by atoms with Gasteiger partial charge in [0.25, 0.3) is 0 Å². The Labute approximate surface area is 105 Å². The number of carbonyl (C=O) groups is 1. The van der Waals surface area contributed by atoms with E-state index in [4.69, 9.17) is 5.73 Å². The summed E-state index contributed by atoms with van der Waals surface area (Å²) in [7, 11) is -3.57. The highest BCUT2D eigenvalue weighted by Crippen LogP contribution is 2.20. The highest BCUT2D eigenvalue weighted by atomic mass is 32.2. The summed E-state index contributed by atoms with van der Waals surface area (Å²) in [6.45, 7) is 2.57. The van der Waals surface area contributed by atoms with Gasteiger partial charge in [0, 0.05) is 11.9 Å². The first-order valence-corrected chi connectivity index (χ1v) is 7.01. The summed E-state index contributed by atoms with van der Waals surface area (Å²) in [5.74, 6) is -1.40. The normalized spacial score (nSPS) is 12.2. The predicted molar refractivity (Wildman–Crippen MR) is 68.4 cm³/mol. The van der Waals surface area contributed by atoms with Gasteiger partial charge in [-0.05, 0) is 32.0 Å². The van der Waals surface area contributed by atoms with Crippen molar-refractivity contribution in [2.45, 2.75) is 18.6 Å². The van der Waals surface area contributed by atoms with Gasteiger partial charge in [0.1, 0.15) is 10.6 Å². The molecule has 0 aromatic heterocycles. The van der Waals surface area contributed by atoms with Gasteiger partial charge in [0.2, 0.25) is 5.91 Å². The molecule has 5 nitrogen and oxygen atoms in total. The minimum Gasteiger partial charge on any atom is -0.396 e. The molecule has 0 aliphatic heterocycles. The smallest absolute Gasteiger partial charge is 0.245 e. The largest absolute Gasteiger partial charge is 0.396 e. The second-order valence-electron chi connectivity index (χ2n) is 4.47. The molecular weight excluding hydrogens is 259 g/mol. The Morgan fingerprint density at radius 2 is 1.94 bits per heavy atom. The maximum absolute atomic E-state index is 13.2. The van der Waals surface area contributed by atoms with Crippen molar-refractivity contribution < 1.29 is 17.6 Å². The summed E-state index contributed by atoms with van der Waals surface area (Å²) in [5, 5.41) is 2.34. The van der Waals surface area contributed by atoms with E-state index in [0.717, 1.165) is 12.3 Å². The third-order valence-electron chi connectivity index (χ3n) is 2.73. The summed E-state index contributed by atoms with van der Waals surface area (Å²) >= 11 is 0. The number of nitrogens with two attached hydrogens (primary N) is 1. The van der Waals surface area contributed by atoms with Gasteiger partial charge in [-0.15, -0.1) is 0 Å². The number of amides is 1. The molecule has 18 heavy (non-hydrogen) atoms. The Hall–Kier alpha value is -1.63. The molecule has 7 heteroatoms. The Morgan fingerprint density at radius 1 is 1.39 bits per heavy atom. The number of sulfone groups is 1. The number of anilines is 2. The molecule has 0 saturated heterocycles. The molecule has 0 atom stereocenters. The van der Waals surface area contributed by atoms with Crippen LogP contribution in [0.3, 0.4) is 0 Å². The monoisotopic (exact) mass is 274 g/mol. The first-order chi connectivity index (χ1) is 8.05. The van der Waals surface area contributed by atoms with Crippen molar-refractivity contribution in [1.82, 2.24) is 0 Å². The summed E-state index contributed by atoms with van der Waals surface area (Å²) in [4.78, 5) is 11.8. The molecule has 100 valence electrons. The molecule has 0 aliphatic rings. The van der Waals surface area contributed by atoms with Crippen LogP contribution in [0.5, 0.6) is 0 Å². The maximum Gasteiger partial charge on any atom is 0.245 e. The van der Waals surface area contributed by atoms with Crippen molar-refractivity contribution in [3.63, 3.8) is 0 Å². The Bertz CT molecular complexity index is 582. The van der Waals surface area contributed by atoms with Crippen LogP contribution >= 0.6 is 0 Å². The van der Waals surface area contributed by atoms with E-state index in [1.807, 2.05) is 0 Å². The van der Waals surface area contributed by atoms with E-state index in [9.17, 15) is 17.6 Å². The molecule has 1 rings (SSSR count). The Kier molecular flexibility index (Phi) is 3.66. The standard InChI is InChI=1S/C11H15FN2O3S/c1-11(2,18(3,16)17)10(15)14-7-4-5-9(13)8(12)6-7/h4-6H,13H2,1-3H3,(H,14,15). The van der Waals surface area contributed by atoms with Crippen LogP contribution in [0.25, 0.3) is 0 Å². The lowest BCUT2D eigenvalue weighted by Gasteiger charge is -2.21. The number of rotatable bonds is 3. The van der Waals surface area contributed by atoms with Crippen LogP contribution in [0.4, 0.5) is 15.8 Å². The van der Waals surface area contributed by atoms with Crippen LogP contribution in [0.2, 0.25) is 0 Å². The second-order valence-corrected chi connectivity index (χ2v) is 7.04. The zero-order valence-corrected chi connectivity index (χ0v) is 11.1. The molecule has 0 bridgehead atoms. The highest BCUT2D eigenvalue weighted by Gasteiger charge is 2.38. The number of benzene rings is 1. The number of nitrogen functional groups attached to an aromatic ring is 1. The maximum atomic E-state index is 13.2. The first kappa shape index (κ1) is 14.4. The Morgan fingerprint density at radius 3 is 2.39 bits per heavy atom. The zero-order chi connectivity index (χ0) is 14.1. The van der Waals surface area contributed by atoms with Crippen molar-refractivity contribution in [2.24, 2.45) is 0 Å². The van der Waals surface area contributed by atoms with Gasteiger partial charge >= 0.3 is 0 Å². The van der Waals surface area contributed by atoms with E-state index in [2.05, 4.69) is 5.32 Å². The third kappa shape index (κ3) is 2.79. The number of hydrogen-bond donors (Lipinski definition) is 2. The molecule has 0 fully saturated rings. The number of halogens is 1. The molecule has 0 heterocycles. The minimum atomic E-state index is -3.57. The van der Waals surface area contributed by atoms with Gasteiger partial charge in [0.15, 0.2) is 9.84 Å². The lowest BCUT2D eigenvalue weighted by molar-refractivity contribution is -0.117. The van der Waals surface area contributed by atoms with Gasteiger partial charge < -0.3 is 11.1 Å². The molecule has 1 aromatic carbocycles. The molecule has 3 N–H and O–H groups in total. The fourth-order valence-corrected chi connectivity index (χ4v) is 1.44. The Balaban J connectivity index is 2.99. The molecule has 0 radical (unpaired) electrons. The summed E-state index contributed by atoms with van der Waals surface area (Å²) < 4.78 is 34.5. The lowest BCUT2D eigenvalue weighted by Crippen LogP contribution is -2.43. The van der Waals surface area contributed by atoms with Crippen LogP contribution in [-0.2, 0) is 14.6 Å². The number of hydrogen-bond acceptors (Lipinski definition) is 4. The topological polar surface area (TPSA) is 89.3 Å². The summed E-state index contributed by atoms with van der Waals surface area (Å²) in [6.07, 6.45) is 0.968. The molecular formula is C11H15FN2O3S. The van der Waals surface area contributed by atoms with Gasteiger partial charge in [-0.25, -0.2) is 12.8 Å². The van der Waals surface area contributed by atoms with Crippen molar-refractivity contribution in [1.29, 1.82) is 0 Å². The number of nitrogens with one attached hydrogen (secondary N) is 1. The SMILES string of the molecule is CC(C)(C(=O)Nc1ccc(N)c(F)c1)S(C)(=O)=O. The molecule has 1 amide bonds. The van der Waals surface area contributed by atoms with Gasteiger partial charge in [0.05, 0.1) is 5.69 Å². The average molecular weight is 274 g/mol. The molecule has 0 spiro atoms. The van der Waals surface area contributed by atoms with Crippen molar-refractivity contribution in [2.75, 3.05) is 17.3 Å². The van der Waals surface area contributed by atoms with Gasteiger partial charge in [-0.1, -0.05) is 0 Å². The quantitative estimate of drug-likeness (QED) is 0.810. The molecule has 0 unspecified atom stereocenters. The second kappa shape index (κ2) is 4.56. The van der Waals surface area contributed by atoms with Crippen LogP contribution in [0.15, 0.2) is 18.2 Å². The molecule has 1 aromatic rings. The van der Waals surface area contributed by atoms with Gasteiger partial charge in [-0.2, -0.15) is 0 Å². The van der Waals surface area contributed by atoms with E-state index >= 15 is 0 Å². The third-order valence-corrected chi connectivity index (χ3v) is 4.77. The van der Waals surface area contributed by atoms with Crippen molar-refractivity contribution in [3.8, 4) is 0 Å².